The summed E-state index contributed by atoms with van der Waals surface area (Å²) in [5, 5.41) is 7.94. The van der Waals surface area contributed by atoms with Crippen molar-refractivity contribution < 1.29 is 9.59 Å². The first-order valence-corrected chi connectivity index (χ1v) is 3.66. The molecule has 4 N–H and O–H groups in total. The summed E-state index contributed by atoms with van der Waals surface area (Å²) < 4.78 is 0. The number of primary amides is 2. The van der Waals surface area contributed by atoms with Crippen LogP contribution in [0.3, 0.4) is 0 Å². The van der Waals surface area contributed by atoms with Gasteiger partial charge < -0.3 is 11.5 Å². The van der Waals surface area contributed by atoms with Gasteiger partial charge in [-0.25, -0.2) is 0 Å². The van der Waals surface area contributed by atoms with Gasteiger partial charge in [-0.05, 0) is 0 Å². The van der Waals surface area contributed by atoms with E-state index in [-0.39, 0.29) is 17.7 Å². The molecule has 0 rings (SSSR count). The highest BCUT2D eigenvalue weighted by Crippen LogP contribution is 1.71. The molecule has 11 heavy (non-hydrogen) atoms. The second-order valence-corrected chi connectivity index (χ2v) is 1.96. The van der Waals surface area contributed by atoms with E-state index < -0.39 is 5.91 Å². The minimum Gasteiger partial charge on any atom is -0.369 e. The third-order valence-electron chi connectivity index (χ3n) is 0.385. The fourth-order valence-electron chi connectivity index (χ4n) is 0.0779. The molecule has 0 saturated heterocycles. The average molecular weight is 222 g/mol. The van der Waals surface area contributed by atoms with E-state index in [9.17, 15) is 9.59 Å². The van der Waals surface area contributed by atoms with Crippen LogP contribution in [0.2, 0.25) is 0 Å². The maximum atomic E-state index is 9.60. The van der Waals surface area contributed by atoms with Gasteiger partial charge in [0.05, 0.1) is 11.4 Å². The molecule has 0 fully saturated rings. The summed E-state index contributed by atoms with van der Waals surface area (Å²) in [5.41, 5.74) is 9.15. The van der Waals surface area contributed by atoms with E-state index in [1.54, 1.807) is 6.07 Å². The fourth-order valence-corrected chi connectivity index (χ4v) is 0.0779. The summed E-state index contributed by atoms with van der Waals surface area (Å²) in [7, 11) is 0. The molecule has 0 aliphatic rings. The Bertz CT molecular complexity index is 175. The van der Waals surface area contributed by atoms with E-state index in [1.165, 1.54) is 0 Å². The van der Waals surface area contributed by atoms with Crippen LogP contribution in [0.15, 0.2) is 0 Å². The van der Waals surface area contributed by atoms with Crippen LogP contribution < -0.4 is 11.5 Å². The van der Waals surface area contributed by atoms with Gasteiger partial charge in [0.25, 0.3) is 0 Å². The Morgan fingerprint density at radius 2 is 1.73 bits per heavy atom. The van der Waals surface area contributed by atoms with E-state index in [2.05, 4.69) is 27.4 Å². The van der Waals surface area contributed by atoms with Crippen molar-refractivity contribution in [3.63, 3.8) is 0 Å². The molecule has 0 saturated carbocycles. The number of nitrogens with zero attached hydrogens (tertiary/aromatic N) is 1. The molecule has 0 radical (unpaired) electrons. The summed E-state index contributed by atoms with van der Waals surface area (Å²) in [6.45, 7) is 0. The number of halogens is 1. The van der Waals surface area contributed by atoms with Crippen molar-refractivity contribution in [3.8, 4) is 6.07 Å². The topological polar surface area (TPSA) is 110 Å². The number of carbonyl (C=O) groups is 2. The maximum absolute atomic E-state index is 9.60. The van der Waals surface area contributed by atoms with Crippen molar-refractivity contribution in [2.45, 2.75) is 6.42 Å². The van der Waals surface area contributed by atoms with Crippen LogP contribution in [0.1, 0.15) is 6.42 Å². The van der Waals surface area contributed by atoms with Crippen molar-refractivity contribution in [2.24, 2.45) is 11.5 Å². The number of nitriles is 1. The second kappa shape index (κ2) is 8.91. The standard InChI is InChI=1S/C3H4N2O.C2H4BrNO/c4-2-1-3(5)6;3-1-2(4)5/h1H2,(H2,5,6);1H2,(H2,4,5). The Balaban J connectivity index is 0. The number of amides is 2. The van der Waals surface area contributed by atoms with Gasteiger partial charge in [0.2, 0.25) is 11.8 Å². The van der Waals surface area contributed by atoms with E-state index in [0.717, 1.165) is 0 Å². The van der Waals surface area contributed by atoms with Gasteiger partial charge >= 0.3 is 0 Å². The average Bonchev–Trinajstić information content (AvgIpc) is 1.89. The third-order valence-corrected chi connectivity index (χ3v) is 0.938. The minimum absolute atomic E-state index is 0.181. The molecule has 5 nitrogen and oxygen atoms in total. The Morgan fingerprint density at radius 3 is 1.73 bits per heavy atom. The molecule has 0 atom stereocenters. The van der Waals surface area contributed by atoms with Crippen LogP contribution in [0.4, 0.5) is 0 Å². The molecule has 0 aromatic carbocycles. The first-order chi connectivity index (χ1) is 5.04. The molecule has 0 aromatic heterocycles. The maximum Gasteiger partial charge on any atom is 0.231 e. The van der Waals surface area contributed by atoms with Crippen LogP contribution >= 0.6 is 15.9 Å². The summed E-state index contributed by atoms with van der Waals surface area (Å²) in [4.78, 5) is 19.1. The van der Waals surface area contributed by atoms with Crippen molar-refractivity contribution in [1.82, 2.24) is 0 Å². The number of nitrogens with two attached hydrogens (primary N) is 2. The zero-order chi connectivity index (χ0) is 9.28. The number of hydrogen-bond acceptors (Lipinski definition) is 3. The lowest BCUT2D eigenvalue weighted by Crippen LogP contribution is -2.10. The molecule has 0 aromatic rings. The molecule has 0 aliphatic heterocycles. The molecule has 0 bridgehead atoms. The molecule has 0 unspecified atom stereocenters. The zero-order valence-electron chi connectivity index (χ0n) is 5.71. The molecular formula is C5H8BrN3O2. The molecule has 0 heterocycles. The number of hydrogen-bond donors (Lipinski definition) is 2. The monoisotopic (exact) mass is 221 g/mol. The number of alkyl halides is 1. The van der Waals surface area contributed by atoms with Crippen molar-refractivity contribution in [3.05, 3.63) is 0 Å². The van der Waals surface area contributed by atoms with Gasteiger partial charge in [-0.3, -0.25) is 9.59 Å². The van der Waals surface area contributed by atoms with E-state index >= 15 is 0 Å². The molecule has 2 amide bonds. The predicted molar refractivity (Wildman–Crippen MR) is 42.4 cm³/mol. The van der Waals surface area contributed by atoms with Crippen molar-refractivity contribution in [1.29, 1.82) is 5.26 Å². The molecular weight excluding hydrogens is 214 g/mol. The smallest absolute Gasteiger partial charge is 0.231 e. The second-order valence-electron chi connectivity index (χ2n) is 1.40. The Kier molecular flexibility index (Phi) is 10.2. The summed E-state index contributed by atoms with van der Waals surface area (Å²) >= 11 is 2.84. The molecule has 6 heteroatoms. The van der Waals surface area contributed by atoms with Gasteiger partial charge in [0.1, 0.15) is 6.42 Å². The normalized spacial score (nSPS) is 6.91. The Morgan fingerprint density at radius 1 is 1.36 bits per heavy atom. The van der Waals surface area contributed by atoms with Crippen molar-refractivity contribution in [2.75, 3.05) is 5.33 Å². The lowest BCUT2D eigenvalue weighted by molar-refractivity contribution is -0.117. The quantitative estimate of drug-likeness (QED) is 0.599. The van der Waals surface area contributed by atoms with Crippen LogP contribution in [-0.2, 0) is 9.59 Å². The van der Waals surface area contributed by atoms with Crippen LogP contribution in [-0.4, -0.2) is 17.1 Å². The molecule has 62 valence electrons. The van der Waals surface area contributed by atoms with E-state index in [0.29, 0.717) is 0 Å². The van der Waals surface area contributed by atoms with Crippen LogP contribution in [0.5, 0.6) is 0 Å². The summed E-state index contributed by atoms with van der Waals surface area (Å²) in [6.07, 6.45) is -0.181. The van der Waals surface area contributed by atoms with Gasteiger partial charge in [-0.15, -0.1) is 0 Å². The number of carbonyl (C=O) groups excluding carboxylic acids is 2. The van der Waals surface area contributed by atoms with Crippen LogP contribution in [0.25, 0.3) is 0 Å². The summed E-state index contributed by atoms with van der Waals surface area (Å²) in [5.74, 6) is -0.900. The van der Waals surface area contributed by atoms with Gasteiger partial charge in [-0.1, -0.05) is 15.9 Å². The lowest BCUT2D eigenvalue weighted by Gasteiger charge is -1.71. The highest BCUT2D eigenvalue weighted by molar-refractivity contribution is 9.09. The van der Waals surface area contributed by atoms with E-state index in [1.807, 2.05) is 0 Å². The predicted octanol–water partition coefficient (Wildman–Crippen LogP) is -0.748. The first kappa shape index (κ1) is 12.6. The van der Waals surface area contributed by atoms with Gasteiger partial charge in [0, 0.05) is 0 Å². The first-order valence-electron chi connectivity index (χ1n) is 2.54. The fraction of sp³-hybridized carbons (Fsp3) is 0.400. The van der Waals surface area contributed by atoms with E-state index in [4.69, 9.17) is 5.26 Å². The lowest BCUT2D eigenvalue weighted by atomic mass is 10.5. The van der Waals surface area contributed by atoms with Crippen molar-refractivity contribution >= 4 is 27.7 Å². The number of rotatable bonds is 2. The largest absolute Gasteiger partial charge is 0.369 e. The highest BCUT2D eigenvalue weighted by atomic mass is 79.9. The van der Waals surface area contributed by atoms with Crippen LogP contribution in [0, 0.1) is 11.3 Å². The molecule has 0 spiro atoms. The Labute approximate surface area is 72.5 Å². The summed E-state index contributed by atoms with van der Waals surface area (Å²) in [6, 6.07) is 1.59. The highest BCUT2D eigenvalue weighted by Gasteiger charge is 1.84. The van der Waals surface area contributed by atoms with Gasteiger partial charge in [0.15, 0.2) is 0 Å². The SMILES string of the molecule is N#CCC(N)=O.NC(=O)CBr. The minimum atomic E-state index is -0.572. The van der Waals surface area contributed by atoms with Gasteiger partial charge in [-0.2, -0.15) is 5.26 Å². The zero-order valence-corrected chi connectivity index (χ0v) is 7.30. The third kappa shape index (κ3) is 27.8. The Hall–Kier alpha value is -1.09. The molecule has 0 aliphatic carbocycles.